The number of fused-ring (bicyclic) bond motifs is 1. The first-order chi connectivity index (χ1) is 17.5. The van der Waals surface area contributed by atoms with Crippen molar-refractivity contribution in [1.29, 1.82) is 10.5 Å². The van der Waals surface area contributed by atoms with Gasteiger partial charge in [0, 0.05) is 11.8 Å². The Bertz CT molecular complexity index is 1680. The van der Waals surface area contributed by atoms with Crippen molar-refractivity contribution >= 4 is 38.9 Å². The van der Waals surface area contributed by atoms with Crippen LogP contribution in [-0.2, 0) is 0 Å². The number of benzene rings is 3. The highest BCUT2D eigenvalue weighted by Gasteiger charge is 2.20. The zero-order valence-electron chi connectivity index (χ0n) is 18.4. The molecule has 0 bridgehead atoms. The molecule has 0 amide bonds. The summed E-state index contributed by atoms with van der Waals surface area (Å²) in [6.45, 7) is 0. The summed E-state index contributed by atoms with van der Waals surface area (Å²) < 4.78 is 6.62. The number of thiophene rings is 1. The van der Waals surface area contributed by atoms with Gasteiger partial charge >= 0.3 is 5.69 Å². The van der Waals surface area contributed by atoms with E-state index in [-0.39, 0.29) is 23.3 Å². The molecule has 3 aromatic carbocycles. The van der Waals surface area contributed by atoms with Crippen LogP contribution in [0.2, 0.25) is 0 Å². The third-order valence-corrected chi connectivity index (χ3v) is 6.14. The highest BCUT2D eigenvalue weighted by Crippen LogP contribution is 2.38. The average molecular weight is 491 g/mol. The number of nitrogens with one attached hydrogen (secondary N) is 1. The van der Waals surface area contributed by atoms with Crippen LogP contribution in [0.1, 0.15) is 11.1 Å². The molecule has 2 heterocycles. The lowest BCUT2D eigenvalue weighted by atomic mass is 10.0. The van der Waals surface area contributed by atoms with Crippen LogP contribution >= 0.6 is 11.3 Å². The predicted molar refractivity (Wildman–Crippen MR) is 135 cm³/mol. The van der Waals surface area contributed by atoms with E-state index in [1.165, 1.54) is 23.5 Å². The number of anilines is 2. The summed E-state index contributed by atoms with van der Waals surface area (Å²) in [5.74, 6) is 0.466. The largest absolute Gasteiger partial charge is 0.430 e. The molecule has 2 aromatic heterocycles. The Balaban J connectivity index is 1.50. The quantitative estimate of drug-likeness (QED) is 0.209. The lowest BCUT2D eigenvalue weighted by Crippen LogP contribution is -2.00. The van der Waals surface area contributed by atoms with Crippen molar-refractivity contribution in [1.82, 2.24) is 9.97 Å². The summed E-state index contributed by atoms with van der Waals surface area (Å²) in [7, 11) is 0. The fourth-order valence-corrected chi connectivity index (χ4v) is 4.24. The Morgan fingerprint density at radius 1 is 0.889 bits per heavy atom. The molecule has 0 aliphatic carbocycles. The van der Waals surface area contributed by atoms with Crippen molar-refractivity contribution in [3.63, 3.8) is 0 Å². The van der Waals surface area contributed by atoms with Crippen molar-refractivity contribution in [2.75, 3.05) is 5.32 Å². The van der Waals surface area contributed by atoms with Gasteiger partial charge in [-0.25, -0.2) is 4.98 Å². The fraction of sp³-hybridized carbons (Fsp3) is 0. The smallest absolute Gasteiger partial charge is 0.312 e. The zero-order chi connectivity index (χ0) is 25.1. The van der Waals surface area contributed by atoms with Crippen molar-refractivity contribution in [3.05, 3.63) is 99.4 Å². The van der Waals surface area contributed by atoms with Gasteiger partial charge in [-0.15, -0.1) is 11.3 Å². The molecule has 172 valence electrons. The van der Waals surface area contributed by atoms with Gasteiger partial charge in [0.15, 0.2) is 0 Å². The summed E-state index contributed by atoms with van der Waals surface area (Å²) in [6, 6.07) is 24.2. The van der Waals surface area contributed by atoms with Gasteiger partial charge in [-0.2, -0.15) is 15.5 Å². The van der Waals surface area contributed by atoms with E-state index >= 15 is 0 Å². The number of nitro groups is 1. The third-order valence-electron chi connectivity index (χ3n) is 5.25. The second-order valence-electron chi connectivity index (χ2n) is 7.53. The summed E-state index contributed by atoms with van der Waals surface area (Å²) in [5.41, 5.74) is 3.45. The number of rotatable bonds is 6. The van der Waals surface area contributed by atoms with Gasteiger partial charge in [0.25, 0.3) is 0 Å². The Hall–Kier alpha value is -5.32. The third kappa shape index (κ3) is 4.53. The summed E-state index contributed by atoms with van der Waals surface area (Å²) >= 11 is 1.36. The normalized spacial score (nSPS) is 10.4. The van der Waals surface area contributed by atoms with Crippen LogP contribution in [0.25, 0.3) is 21.3 Å². The molecule has 0 fully saturated rings. The highest BCUT2D eigenvalue weighted by molar-refractivity contribution is 7.17. The van der Waals surface area contributed by atoms with Gasteiger partial charge in [0.1, 0.15) is 4.70 Å². The first-order valence-electron chi connectivity index (χ1n) is 10.5. The van der Waals surface area contributed by atoms with Gasteiger partial charge in [0.05, 0.1) is 33.7 Å². The molecule has 0 saturated carbocycles. The number of nitriles is 2. The molecular formula is C26H14N6O3S. The van der Waals surface area contributed by atoms with E-state index in [1.807, 2.05) is 5.38 Å². The highest BCUT2D eigenvalue weighted by atomic mass is 32.1. The minimum absolute atomic E-state index is 0.0371. The molecule has 5 aromatic rings. The Labute approximate surface area is 208 Å². The number of hydrogen-bond acceptors (Lipinski definition) is 9. The molecule has 0 aliphatic heterocycles. The first-order valence-corrected chi connectivity index (χ1v) is 11.4. The second-order valence-corrected chi connectivity index (χ2v) is 8.45. The van der Waals surface area contributed by atoms with E-state index in [9.17, 15) is 10.1 Å². The van der Waals surface area contributed by atoms with Crippen LogP contribution in [0.4, 0.5) is 17.3 Å². The Morgan fingerprint density at radius 3 is 2.22 bits per heavy atom. The Morgan fingerprint density at radius 2 is 1.56 bits per heavy atom. The number of aromatic nitrogens is 2. The molecule has 9 nitrogen and oxygen atoms in total. The summed E-state index contributed by atoms with van der Waals surface area (Å²) in [4.78, 5) is 20.3. The minimum atomic E-state index is -0.509. The SMILES string of the molecule is N#Cc1ccc(Nc2nc(Oc3ccc(-c4ccc(C#N)cc4)cc3[N+](=O)[O-])c3sccc3n2)cc1. The average Bonchev–Trinajstić information content (AvgIpc) is 3.38. The van der Waals surface area contributed by atoms with E-state index in [2.05, 4.69) is 27.4 Å². The van der Waals surface area contributed by atoms with Gasteiger partial charge in [-0.3, -0.25) is 10.1 Å². The summed E-state index contributed by atoms with van der Waals surface area (Å²) in [5, 5.41) is 34.8. The Kier molecular flexibility index (Phi) is 5.93. The molecule has 0 unspecified atom stereocenters. The van der Waals surface area contributed by atoms with Crippen molar-refractivity contribution in [2.24, 2.45) is 0 Å². The van der Waals surface area contributed by atoms with Crippen LogP contribution in [-0.4, -0.2) is 14.9 Å². The topological polar surface area (TPSA) is 138 Å². The van der Waals surface area contributed by atoms with Crippen LogP contribution in [0.15, 0.2) is 78.2 Å². The van der Waals surface area contributed by atoms with Crippen molar-refractivity contribution < 1.29 is 9.66 Å². The number of nitrogens with zero attached hydrogens (tertiary/aromatic N) is 5. The van der Waals surface area contributed by atoms with E-state index in [1.54, 1.807) is 60.7 Å². The minimum Gasteiger partial charge on any atom is -0.430 e. The van der Waals surface area contributed by atoms with Gasteiger partial charge in [-0.1, -0.05) is 18.2 Å². The van der Waals surface area contributed by atoms with Crippen LogP contribution in [0.5, 0.6) is 11.6 Å². The maximum absolute atomic E-state index is 11.9. The molecule has 1 N–H and O–H groups in total. The zero-order valence-corrected chi connectivity index (χ0v) is 19.2. The molecular weight excluding hydrogens is 476 g/mol. The number of ether oxygens (including phenoxy) is 1. The standard InChI is InChI=1S/C26H14N6O3S/c27-14-16-1-5-18(6-2-16)19-7-10-23(22(13-19)32(33)34)35-25-24-21(11-12-36-24)30-26(31-25)29-20-8-3-17(15-28)4-9-20/h1-13H,(H,29,30,31). The van der Waals surface area contributed by atoms with Crippen molar-refractivity contribution in [3.8, 4) is 34.9 Å². The molecule has 10 heteroatoms. The molecule has 36 heavy (non-hydrogen) atoms. The maximum atomic E-state index is 11.9. The predicted octanol–water partition coefficient (Wildman–Crippen LogP) is 6.55. The molecule has 0 aliphatic rings. The van der Waals surface area contributed by atoms with E-state index in [0.29, 0.717) is 32.6 Å². The molecule has 0 atom stereocenters. The fourth-order valence-electron chi connectivity index (χ4n) is 3.49. The summed E-state index contributed by atoms with van der Waals surface area (Å²) in [6.07, 6.45) is 0. The van der Waals surface area contributed by atoms with Crippen molar-refractivity contribution in [2.45, 2.75) is 0 Å². The number of nitro benzene ring substituents is 1. The monoisotopic (exact) mass is 490 g/mol. The number of hydrogen-bond donors (Lipinski definition) is 1. The van der Waals surface area contributed by atoms with Crippen LogP contribution in [0.3, 0.4) is 0 Å². The van der Waals surface area contributed by atoms with Gasteiger partial charge in [-0.05, 0) is 65.0 Å². The first kappa shape index (κ1) is 22.5. The van der Waals surface area contributed by atoms with Crippen LogP contribution < -0.4 is 10.1 Å². The van der Waals surface area contributed by atoms with E-state index in [4.69, 9.17) is 15.3 Å². The second kappa shape index (κ2) is 9.50. The van der Waals surface area contributed by atoms with Gasteiger partial charge in [0.2, 0.25) is 17.6 Å². The molecule has 0 spiro atoms. The molecule has 5 rings (SSSR count). The lowest BCUT2D eigenvalue weighted by Gasteiger charge is -2.10. The van der Waals surface area contributed by atoms with Gasteiger partial charge < -0.3 is 10.1 Å². The molecule has 0 saturated heterocycles. The maximum Gasteiger partial charge on any atom is 0.312 e. The van der Waals surface area contributed by atoms with E-state index in [0.717, 1.165) is 5.56 Å². The van der Waals surface area contributed by atoms with Crippen LogP contribution in [0, 0.1) is 32.8 Å². The lowest BCUT2D eigenvalue weighted by molar-refractivity contribution is -0.385. The molecule has 0 radical (unpaired) electrons. The van der Waals surface area contributed by atoms with E-state index < -0.39 is 4.92 Å².